The van der Waals surface area contributed by atoms with Gasteiger partial charge in [0, 0.05) is 25.5 Å². The number of imidazole rings is 1. The van der Waals surface area contributed by atoms with Crippen molar-refractivity contribution in [3.63, 3.8) is 0 Å². The molecule has 2 aromatic heterocycles. The molecular formula is C18H18N4O2. The van der Waals surface area contributed by atoms with Gasteiger partial charge in [-0.25, -0.2) is 14.8 Å². The van der Waals surface area contributed by atoms with Crippen LogP contribution in [-0.2, 0) is 0 Å². The van der Waals surface area contributed by atoms with Crippen LogP contribution in [0, 0.1) is 5.41 Å². The molecule has 1 aliphatic heterocycles. The Morgan fingerprint density at radius 2 is 1.96 bits per heavy atom. The molecule has 0 atom stereocenters. The van der Waals surface area contributed by atoms with Gasteiger partial charge in [0.05, 0.1) is 16.6 Å². The summed E-state index contributed by atoms with van der Waals surface area (Å²) >= 11 is 0. The van der Waals surface area contributed by atoms with Crippen molar-refractivity contribution >= 4 is 28.5 Å². The highest BCUT2D eigenvalue weighted by Crippen LogP contribution is 2.54. The Balaban J connectivity index is 1.65. The molecule has 24 heavy (non-hydrogen) atoms. The summed E-state index contributed by atoms with van der Waals surface area (Å²) in [6.45, 7) is 2.00. The number of anilines is 1. The number of aromatic nitrogens is 3. The van der Waals surface area contributed by atoms with Gasteiger partial charge in [-0.2, -0.15) is 0 Å². The van der Waals surface area contributed by atoms with Gasteiger partial charge in [0.2, 0.25) is 0 Å². The minimum atomic E-state index is -0.931. The maximum atomic E-state index is 11.3. The molecule has 5 rings (SSSR count). The van der Waals surface area contributed by atoms with Crippen molar-refractivity contribution in [1.29, 1.82) is 0 Å². The normalized spacial score (nSPS) is 19.2. The van der Waals surface area contributed by atoms with Gasteiger partial charge in [0.25, 0.3) is 0 Å². The summed E-state index contributed by atoms with van der Waals surface area (Å²) in [5, 5.41) is 9.24. The largest absolute Gasteiger partial charge is 0.478 e. The summed E-state index contributed by atoms with van der Waals surface area (Å²) in [6.07, 6.45) is 8.86. The molecule has 1 spiro atoms. The van der Waals surface area contributed by atoms with Crippen LogP contribution in [0.1, 0.15) is 36.0 Å². The van der Waals surface area contributed by atoms with Crippen LogP contribution >= 0.6 is 0 Å². The highest BCUT2D eigenvalue weighted by atomic mass is 16.4. The van der Waals surface area contributed by atoms with E-state index in [0.717, 1.165) is 30.1 Å². The average Bonchev–Trinajstić information content (AvgIpc) is 3.16. The fourth-order valence-corrected chi connectivity index (χ4v) is 3.86. The number of benzene rings is 1. The molecule has 1 N–H and O–H groups in total. The standard InChI is InChI=1S/C18H18N4O2/c23-17(24)12-1-2-14-13(11-12)20-16(15-19-7-10-22(14)15)21-8-5-18(3-4-18)6-9-21/h1-2,7,10-11H,3-6,8-9H2,(H,23,24). The molecule has 3 aromatic rings. The van der Waals surface area contributed by atoms with E-state index in [4.69, 9.17) is 4.98 Å². The van der Waals surface area contributed by atoms with Crippen molar-refractivity contribution in [3.05, 3.63) is 36.2 Å². The average molecular weight is 322 g/mol. The van der Waals surface area contributed by atoms with E-state index in [-0.39, 0.29) is 5.56 Å². The molecule has 6 heteroatoms. The highest BCUT2D eigenvalue weighted by molar-refractivity contribution is 5.93. The Morgan fingerprint density at radius 3 is 2.67 bits per heavy atom. The van der Waals surface area contributed by atoms with Crippen molar-refractivity contribution in [3.8, 4) is 0 Å². The van der Waals surface area contributed by atoms with Gasteiger partial charge < -0.3 is 10.0 Å². The van der Waals surface area contributed by atoms with E-state index in [0.29, 0.717) is 10.9 Å². The molecule has 1 aliphatic carbocycles. The lowest BCUT2D eigenvalue weighted by molar-refractivity contribution is 0.0697. The third-order valence-electron chi connectivity index (χ3n) is 5.63. The molecule has 2 aliphatic rings. The Morgan fingerprint density at radius 1 is 1.17 bits per heavy atom. The number of nitrogens with zero attached hydrogens (tertiary/aromatic N) is 4. The quantitative estimate of drug-likeness (QED) is 0.785. The van der Waals surface area contributed by atoms with Crippen LogP contribution in [0.5, 0.6) is 0 Å². The second-order valence-corrected chi connectivity index (χ2v) is 7.05. The molecule has 2 fully saturated rings. The van der Waals surface area contributed by atoms with E-state index in [1.165, 1.54) is 25.7 Å². The second kappa shape index (κ2) is 4.69. The third kappa shape index (κ3) is 1.99. The van der Waals surface area contributed by atoms with Crippen molar-refractivity contribution in [2.45, 2.75) is 25.7 Å². The van der Waals surface area contributed by atoms with Crippen LogP contribution < -0.4 is 4.90 Å². The number of hydrogen-bond acceptors (Lipinski definition) is 4. The van der Waals surface area contributed by atoms with Crippen LogP contribution in [0.3, 0.4) is 0 Å². The molecule has 1 saturated carbocycles. The Bertz CT molecular complexity index is 964. The highest BCUT2D eigenvalue weighted by Gasteiger charge is 2.44. The number of rotatable bonds is 2. The molecule has 0 amide bonds. The van der Waals surface area contributed by atoms with Gasteiger partial charge in [0.1, 0.15) is 0 Å². The first-order valence-corrected chi connectivity index (χ1v) is 8.40. The van der Waals surface area contributed by atoms with Crippen LogP contribution in [0.4, 0.5) is 5.82 Å². The first-order chi connectivity index (χ1) is 11.7. The summed E-state index contributed by atoms with van der Waals surface area (Å²) in [5.41, 5.74) is 3.29. The molecule has 3 heterocycles. The zero-order valence-electron chi connectivity index (χ0n) is 13.3. The summed E-state index contributed by atoms with van der Waals surface area (Å²) in [5.74, 6) is -0.0647. The summed E-state index contributed by atoms with van der Waals surface area (Å²) in [7, 11) is 0. The van der Waals surface area contributed by atoms with Crippen LogP contribution in [0.2, 0.25) is 0 Å². The molecule has 1 aromatic carbocycles. The summed E-state index contributed by atoms with van der Waals surface area (Å²) in [6, 6.07) is 5.07. The second-order valence-electron chi connectivity index (χ2n) is 7.05. The zero-order valence-corrected chi connectivity index (χ0v) is 13.3. The maximum Gasteiger partial charge on any atom is 0.335 e. The van der Waals surface area contributed by atoms with Gasteiger partial charge in [-0.05, 0) is 49.3 Å². The molecule has 0 unspecified atom stereocenters. The van der Waals surface area contributed by atoms with Gasteiger partial charge in [0.15, 0.2) is 11.5 Å². The first-order valence-electron chi connectivity index (χ1n) is 8.40. The number of piperidine rings is 1. The smallest absolute Gasteiger partial charge is 0.335 e. The number of carboxylic acids is 1. The van der Waals surface area contributed by atoms with E-state index in [1.54, 1.807) is 24.4 Å². The van der Waals surface area contributed by atoms with Crippen molar-refractivity contribution in [1.82, 2.24) is 14.4 Å². The topological polar surface area (TPSA) is 70.7 Å². The SMILES string of the molecule is O=C(O)c1ccc2c(c1)nc(N1CCC3(CC1)CC3)c1nccn12. The Labute approximate surface area is 138 Å². The van der Waals surface area contributed by atoms with Gasteiger partial charge in [-0.15, -0.1) is 0 Å². The van der Waals surface area contributed by atoms with E-state index in [9.17, 15) is 9.90 Å². The maximum absolute atomic E-state index is 11.3. The molecular weight excluding hydrogens is 304 g/mol. The van der Waals surface area contributed by atoms with Gasteiger partial charge >= 0.3 is 5.97 Å². The third-order valence-corrected chi connectivity index (χ3v) is 5.63. The number of hydrogen-bond donors (Lipinski definition) is 1. The number of carbonyl (C=O) groups is 1. The number of carboxylic acid groups (broad SMARTS) is 1. The predicted octanol–water partition coefficient (Wildman–Crippen LogP) is 2.96. The van der Waals surface area contributed by atoms with Gasteiger partial charge in [-0.1, -0.05) is 0 Å². The molecule has 1 saturated heterocycles. The number of aromatic carboxylic acids is 1. The molecule has 6 nitrogen and oxygen atoms in total. The first kappa shape index (κ1) is 13.8. The predicted molar refractivity (Wildman–Crippen MR) is 90.6 cm³/mol. The minimum Gasteiger partial charge on any atom is -0.478 e. The summed E-state index contributed by atoms with van der Waals surface area (Å²) < 4.78 is 2.00. The molecule has 122 valence electrons. The zero-order chi connectivity index (χ0) is 16.3. The fourth-order valence-electron chi connectivity index (χ4n) is 3.86. The van der Waals surface area contributed by atoms with E-state index >= 15 is 0 Å². The lowest BCUT2D eigenvalue weighted by Crippen LogP contribution is -2.35. The lowest BCUT2D eigenvalue weighted by Gasteiger charge is -2.33. The summed E-state index contributed by atoms with van der Waals surface area (Å²) in [4.78, 5) is 22.9. The van der Waals surface area contributed by atoms with Crippen molar-refractivity contribution < 1.29 is 9.90 Å². The minimum absolute atomic E-state index is 0.260. The molecule has 0 bridgehead atoms. The Hall–Kier alpha value is -2.63. The van der Waals surface area contributed by atoms with E-state index in [2.05, 4.69) is 9.88 Å². The van der Waals surface area contributed by atoms with Crippen molar-refractivity contribution in [2.75, 3.05) is 18.0 Å². The lowest BCUT2D eigenvalue weighted by atomic mass is 9.94. The van der Waals surface area contributed by atoms with Crippen LogP contribution in [0.25, 0.3) is 16.7 Å². The Kier molecular flexibility index (Phi) is 2.69. The van der Waals surface area contributed by atoms with Gasteiger partial charge in [-0.3, -0.25) is 4.40 Å². The fraction of sp³-hybridized carbons (Fsp3) is 0.389. The van der Waals surface area contributed by atoms with Crippen molar-refractivity contribution in [2.24, 2.45) is 5.41 Å². The van der Waals surface area contributed by atoms with Crippen LogP contribution in [0.15, 0.2) is 30.6 Å². The van der Waals surface area contributed by atoms with E-state index < -0.39 is 5.97 Å². The van der Waals surface area contributed by atoms with Crippen LogP contribution in [-0.4, -0.2) is 38.5 Å². The molecule has 0 radical (unpaired) electrons. The monoisotopic (exact) mass is 322 g/mol. The van der Waals surface area contributed by atoms with E-state index in [1.807, 2.05) is 10.6 Å². The number of fused-ring (bicyclic) bond motifs is 3.